The molecule has 0 amide bonds. The summed E-state index contributed by atoms with van der Waals surface area (Å²) in [6.45, 7) is 2.58. The number of nitro groups is 1. The van der Waals surface area contributed by atoms with Gasteiger partial charge in [0, 0.05) is 18.2 Å². The Hall–Kier alpha value is -1.29. The summed E-state index contributed by atoms with van der Waals surface area (Å²) in [5, 5.41) is 14.0. The van der Waals surface area contributed by atoms with Crippen LogP contribution in [0.15, 0.2) is 23.1 Å². The summed E-state index contributed by atoms with van der Waals surface area (Å²) in [6, 6.07) is 2.42. The molecule has 0 radical (unpaired) electrons. The molecule has 0 saturated carbocycles. The standard InChI is InChI=1S/C12H16FN3O4S.ClH/c1-8-10(5-3-7-14-8)15-21(19,20)12-9(13)4-2-6-11(12)16(17)18;/h2,4,6,8,10,14-15H,3,5,7H2,1H3;1H. The fourth-order valence-electron chi connectivity index (χ4n) is 2.37. The van der Waals surface area contributed by atoms with Gasteiger partial charge in [-0.25, -0.2) is 17.5 Å². The predicted octanol–water partition coefficient (Wildman–Crippen LogP) is 1.57. The van der Waals surface area contributed by atoms with Crippen LogP contribution >= 0.6 is 12.4 Å². The van der Waals surface area contributed by atoms with E-state index < -0.39 is 37.4 Å². The Morgan fingerprint density at radius 2 is 2.14 bits per heavy atom. The minimum Gasteiger partial charge on any atom is -0.313 e. The SMILES string of the molecule is CC1NCCCC1NS(=O)(=O)c1c(F)cccc1[N+](=O)[O-].Cl. The molecule has 7 nitrogen and oxygen atoms in total. The van der Waals surface area contributed by atoms with Gasteiger partial charge in [0.1, 0.15) is 5.82 Å². The highest BCUT2D eigenvalue weighted by Gasteiger charge is 2.33. The average Bonchev–Trinajstić information content (AvgIpc) is 2.40. The van der Waals surface area contributed by atoms with Crippen LogP contribution in [0.5, 0.6) is 0 Å². The van der Waals surface area contributed by atoms with Gasteiger partial charge in [-0.2, -0.15) is 0 Å². The lowest BCUT2D eigenvalue weighted by atomic mass is 10.0. The van der Waals surface area contributed by atoms with E-state index in [9.17, 15) is 22.9 Å². The summed E-state index contributed by atoms with van der Waals surface area (Å²) in [5.74, 6) is -1.13. The van der Waals surface area contributed by atoms with E-state index in [4.69, 9.17) is 0 Å². The molecule has 1 fully saturated rings. The zero-order chi connectivity index (χ0) is 15.6. The number of halogens is 2. The smallest absolute Gasteiger partial charge is 0.292 e. The Labute approximate surface area is 133 Å². The van der Waals surface area contributed by atoms with Gasteiger partial charge in [-0.05, 0) is 32.4 Å². The summed E-state index contributed by atoms with van der Waals surface area (Å²) in [6.07, 6.45) is 1.37. The van der Waals surface area contributed by atoms with Gasteiger partial charge in [0.05, 0.1) is 4.92 Å². The van der Waals surface area contributed by atoms with Crippen molar-refractivity contribution in [3.63, 3.8) is 0 Å². The maximum Gasteiger partial charge on any atom is 0.292 e. The molecule has 1 aromatic carbocycles. The Morgan fingerprint density at radius 1 is 1.45 bits per heavy atom. The predicted molar refractivity (Wildman–Crippen MR) is 81.1 cm³/mol. The van der Waals surface area contributed by atoms with Gasteiger partial charge < -0.3 is 5.32 Å². The summed E-state index contributed by atoms with van der Waals surface area (Å²) in [4.78, 5) is 9.10. The van der Waals surface area contributed by atoms with E-state index >= 15 is 0 Å². The third kappa shape index (κ3) is 3.92. The molecule has 2 N–H and O–H groups in total. The molecule has 1 heterocycles. The number of nitrogens with one attached hydrogen (secondary N) is 2. The van der Waals surface area contributed by atoms with Gasteiger partial charge in [0.2, 0.25) is 0 Å². The summed E-state index contributed by atoms with van der Waals surface area (Å²) in [5.41, 5.74) is -0.765. The Morgan fingerprint density at radius 3 is 2.73 bits per heavy atom. The Bertz CT molecular complexity index is 656. The molecule has 10 heteroatoms. The van der Waals surface area contributed by atoms with Gasteiger partial charge >= 0.3 is 0 Å². The fraction of sp³-hybridized carbons (Fsp3) is 0.500. The maximum absolute atomic E-state index is 13.8. The summed E-state index contributed by atoms with van der Waals surface area (Å²) < 4.78 is 40.8. The molecule has 124 valence electrons. The second-order valence-electron chi connectivity index (χ2n) is 4.96. The van der Waals surface area contributed by atoms with Crippen molar-refractivity contribution in [1.29, 1.82) is 0 Å². The largest absolute Gasteiger partial charge is 0.313 e. The quantitative estimate of drug-likeness (QED) is 0.632. The monoisotopic (exact) mass is 353 g/mol. The number of rotatable bonds is 4. The van der Waals surface area contributed by atoms with Crippen LogP contribution in [-0.4, -0.2) is 32.0 Å². The Balaban J connectivity index is 0.00000242. The van der Waals surface area contributed by atoms with Crippen molar-refractivity contribution in [3.05, 3.63) is 34.1 Å². The molecule has 2 unspecified atom stereocenters. The van der Waals surface area contributed by atoms with Gasteiger partial charge in [-0.3, -0.25) is 10.1 Å². The lowest BCUT2D eigenvalue weighted by Gasteiger charge is -2.30. The van der Waals surface area contributed by atoms with Gasteiger partial charge in [0.15, 0.2) is 4.90 Å². The van der Waals surface area contributed by atoms with Crippen molar-refractivity contribution in [1.82, 2.24) is 10.0 Å². The fourth-order valence-corrected chi connectivity index (χ4v) is 3.95. The lowest BCUT2D eigenvalue weighted by Crippen LogP contribution is -2.51. The first-order chi connectivity index (χ1) is 9.83. The first kappa shape index (κ1) is 18.8. The molecule has 1 aliphatic heterocycles. The molecule has 22 heavy (non-hydrogen) atoms. The van der Waals surface area contributed by atoms with E-state index in [2.05, 4.69) is 10.0 Å². The molecule has 0 bridgehead atoms. The van der Waals surface area contributed by atoms with Crippen molar-refractivity contribution in [2.45, 2.75) is 36.7 Å². The van der Waals surface area contributed by atoms with E-state index in [0.717, 1.165) is 31.2 Å². The molecule has 2 atom stereocenters. The van der Waals surface area contributed by atoms with E-state index in [-0.39, 0.29) is 18.4 Å². The highest BCUT2D eigenvalue weighted by atomic mass is 35.5. The van der Waals surface area contributed by atoms with Crippen molar-refractivity contribution in [3.8, 4) is 0 Å². The minimum atomic E-state index is -4.31. The number of hydrogen-bond acceptors (Lipinski definition) is 5. The van der Waals surface area contributed by atoms with Gasteiger partial charge in [-0.15, -0.1) is 12.4 Å². The normalized spacial score (nSPS) is 21.9. The van der Waals surface area contributed by atoms with Crippen LogP contribution in [0.1, 0.15) is 19.8 Å². The topological polar surface area (TPSA) is 101 Å². The van der Waals surface area contributed by atoms with E-state index in [0.29, 0.717) is 6.42 Å². The number of nitrogens with zero attached hydrogens (tertiary/aromatic N) is 1. The number of sulfonamides is 1. The van der Waals surface area contributed by atoms with Crippen LogP contribution < -0.4 is 10.0 Å². The molecular weight excluding hydrogens is 337 g/mol. The van der Waals surface area contributed by atoms with Crippen molar-refractivity contribution in [2.24, 2.45) is 0 Å². The molecule has 0 aliphatic carbocycles. The van der Waals surface area contributed by atoms with Crippen LogP contribution in [0, 0.1) is 15.9 Å². The molecule has 0 spiro atoms. The number of piperidine rings is 1. The van der Waals surface area contributed by atoms with Gasteiger partial charge in [-0.1, -0.05) is 6.07 Å². The molecule has 1 aromatic rings. The molecular formula is C12H17ClFN3O4S. The number of hydrogen-bond donors (Lipinski definition) is 2. The Kier molecular flexibility index (Phi) is 6.24. The highest BCUT2D eigenvalue weighted by molar-refractivity contribution is 7.89. The third-order valence-electron chi connectivity index (χ3n) is 3.48. The molecule has 1 saturated heterocycles. The average molecular weight is 354 g/mol. The van der Waals surface area contributed by atoms with Crippen LogP contribution in [-0.2, 0) is 10.0 Å². The second kappa shape index (κ2) is 7.32. The zero-order valence-corrected chi connectivity index (χ0v) is 13.4. The van der Waals surface area contributed by atoms with E-state index in [1.54, 1.807) is 0 Å². The van der Waals surface area contributed by atoms with Crippen LogP contribution in [0.25, 0.3) is 0 Å². The highest BCUT2D eigenvalue weighted by Crippen LogP contribution is 2.27. The maximum atomic E-state index is 13.8. The van der Waals surface area contributed by atoms with Crippen LogP contribution in [0.4, 0.5) is 10.1 Å². The van der Waals surface area contributed by atoms with Crippen molar-refractivity contribution >= 4 is 28.1 Å². The van der Waals surface area contributed by atoms with E-state index in [1.807, 2.05) is 6.92 Å². The lowest BCUT2D eigenvalue weighted by molar-refractivity contribution is -0.388. The molecule has 0 aromatic heterocycles. The number of nitro benzene ring substituents is 1. The van der Waals surface area contributed by atoms with Crippen LogP contribution in [0.3, 0.4) is 0 Å². The van der Waals surface area contributed by atoms with Crippen molar-refractivity contribution < 1.29 is 17.7 Å². The molecule has 1 aliphatic rings. The first-order valence-electron chi connectivity index (χ1n) is 6.51. The van der Waals surface area contributed by atoms with Gasteiger partial charge in [0.25, 0.3) is 15.7 Å². The minimum absolute atomic E-state index is 0. The third-order valence-corrected chi connectivity index (χ3v) is 5.03. The second-order valence-corrected chi connectivity index (χ2v) is 6.61. The zero-order valence-electron chi connectivity index (χ0n) is 11.8. The summed E-state index contributed by atoms with van der Waals surface area (Å²) >= 11 is 0. The van der Waals surface area contributed by atoms with E-state index in [1.165, 1.54) is 0 Å². The summed E-state index contributed by atoms with van der Waals surface area (Å²) in [7, 11) is -4.31. The molecule has 2 rings (SSSR count). The van der Waals surface area contributed by atoms with Crippen LogP contribution in [0.2, 0.25) is 0 Å². The number of benzene rings is 1. The van der Waals surface area contributed by atoms with Crippen molar-refractivity contribution in [2.75, 3.05) is 6.54 Å². The first-order valence-corrected chi connectivity index (χ1v) is 8.00.